The Morgan fingerprint density at radius 2 is 1.68 bits per heavy atom. The molecule has 3 heteroatoms. The Morgan fingerprint density at radius 1 is 1.00 bits per heavy atom. The number of H-pyrrole nitrogens is 1. The molecule has 0 saturated carbocycles. The van der Waals surface area contributed by atoms with E-state index in [1.807, 2.05) is 6.08 Å². The summed E-state index contributed by atoms with van der Waals surface area (Å²) in [6, 6.07) is 13.1. The summed E-state index contributed by atoms with van der Waals surface area (Å²) in [5.41, 5.74) is 4.82. The van der Waals surface area contributed by atoms with Crippen molar-refractivity contribution >= 4 is 23.1 Å². The zero-order valence-electron chi connectivity index (χ0n) is 14.5. The van der Waals surface area contributed by atoms with Crippen molar-refractivity contribution in [3.05, 3.63) is 71.2 Å². The van der Waals surface area contributed by atoms with Gasteiger partial charge >= 0.3 is 0 Å². The lowest BCUT2D eigenvalue weighted by atomic mass is 9.89. The van der Waals surface area contributed by atoms with E-state index in [4.69, 9.17) is 0 Å². The molecule has 0 atom stereocenters. The molecule has 0 spiro atoms. The van der Waals surface area contributed by atoms with Crippen molar-refractivity contribution in [1.29, 1.82) is 0 Å². The second-order valence-electron chi connectivity index (χ2n) is 7.01. The second kappa shape index (κ2) is 6.85. The van der Waals surface area contributed by atoms with Crippen LogP contribution in [0.5, 0.6) is 0 Å². The largest absolute Gasteiger partial charge is 0.361 e. The van der Waals surface area contributed by atoms with E-state index in [-0.39, 0.29) is 5.82 Å². The van der Waals surface area contributed by atoms with Crippen LogP contribution in [-0.4, -0.2) is 30.0 Å². The van der Waals surface area contributed by atoms with E-state index in [0.29, 0.717) is 5.92 Å². The van der Waals surface area contributed by atoms with Gasteiger partial charge in [0.15, 0.2) is 0 Å². The number of hydrogen-bond donors (Lipinski definition) is 1. The minimum Gasteiger partial charge on any atom is -0.361 e. The number of halogens is 1. The van der Waals surface area contributed by atoms with Crippen LogP contribution in [0.25, 0.3) is 23.1 Å². The number of hydrogen-bond acceptors (Lipinski definition) is 1. The second-order valence-corrected chi connectivity index (χ2v) is 7.01. The number of aromatic nitrogens is 1. The van der Waals surface area contributed by atoms with Crippen LogP contribution in [0.3, 0.4) is 0 Å². The van der Waals surface area contributed by atoms with Gasteiger partial charge in [-0.15, -0.1) is 0 Å². The average Bonchev–Trinajstić information content (AvgIpc) is 3.05. The molecule has 1 N–H and O–H groups in total. The zero-order chi connectivity index (χ0) is 17.2. The quantitative estimate of drug-likeness (QED) is 0.645. The number of fused-ring (bicyclic) bond motifs is 1. The number of nitrogens with zero attached hydrogens (tertiary/aromatic N) is 1. The van der Waals surface area contributed by atoms with Crippen molar-refractivity contribution in [3.63, 3.8) is 0 Å². The molecular weight excluding hydrogens is 311 g/mol. The third-order valence-electron chi connectivity index (χ3n) is 5.23. The van der Waals surface area contributed by atoms with Crippen LogP contribution in [0.4, 0.5) is 4.39 Å². The van der Waals surface area contributed by atoms with Crippen LogP contribution in [-0.2, 0) is 0 Å². The van der Waals surface area contributed by atoms with Gasteiger partial charge in [0.1, 0.15) is 5.82 Å². The first kappa shape index (κ1) is 16.1. The first-order chi connectivity index (χ1) is 12.2. The Hall–Kier alpha value is -2.39. The van der Waals surface area contributed by atoms with Crippen LogP contribution < -0.4 is 0 Å². The molecule has 1 saturated heterocycles. The fourth-order valence-corrected chi connectivity index (χ4v) is 3.69. The van der Waals surface area contributed by atoms with Gasteiger partial charge in [-0.3, -0.25) is 0 Å². The maximum Gasteiger partial charge on any atom is 0.123 e. The van der Waals surface area contributed by atoms with Crippen LogP contribution in [0.2, 0.25) is 0 Å². The predicted octanol–water partition coefficient (Wildman–Crippen LogP) is 5.29. The fourth-order valence-electron chi connectivity index (χ4n) is 3.69. The van der Waals surface area contributed by atoms with E-state index >= 15 is 0 Å². The molecule has 1 aromatic heterocycles. The lowest BCUT2D eigenvalue weighted by Crippen LogP contribution is -2.29. The lowest BCUT2D eigenvalue weighted by molar-refractivity contribution is 0.256. The standard InChI is InChI=1S/C22H23FN2/c1-25-12-10-18(11-13-25)21-15-24-22-9-6-17(14-20(21)22)3-2-16-4-7-19(23)8-5-16/h2-9,14-15,18,24H,10-13H2,1H3/b3-2+. The highest BCUT2D eigenvalue weighted by Gasteiger charge is 2.20. The molecule has 25 heavy (non-hydrogen) atoms. The topological polar surface area (TPSA) is 19.0 Å². The minimum absolute atomic E-state index is 0.200. The summed E-state index contributed by atoms with van der Waals surface area (Å²) in [6.45, 7) is 2.34. The van der Waals surface area contributed by atoms with Gasteiger partial charge in [-0.05, 0) is 79.9 Å². The summed E-state index contributed by atoms with van der Waals surface area (Å²) in [5.74, 6) is 0.440. The van der Waals surface area contributed by atoms with Gasteiger partial charge in [-0.1, -0.05) is 30.4 Å². The van der Waals surface area contributed by atoms with Crippen molar-refractivity contribution < 1.29 is 4.39 Å². The van der Waals surface area contributed by atoms with Gasteiger partial charge in [-0.25, -0.2) is 4.39 Å². The Balaban J connectivity index is 1.60. The van der Waals surface area contributed by atoms with E-state index in [0.717, 1.165) is 5.56 Å². The average molecular weight is 334 g/mol. The normalized spacial score (nSPS) is 16.9. The highest BCUT2D eigenvalue weighted by molar-refractivity contribution is 5.87. The van der Waals surface area contributed by atoms with E-state index < -0.39 is 0 Å². The number of rotatable bonds is 3. The van der Waals surface area contributed by atoms with Crippen LogP contribution >= 0.6 is 0 Å². The monoisotopic (exact) mass is 334 g/mol. The molecule has 1 fully saturated rings. The Bertz CT molecular complexity index is 884. The summed E-state index contributed by atoms with van der Waals surface area (Å²) in [4.78, 5) is 5.83. The number of likely N-dealkylation sites (tertiary alicyclic amines) is 1. The third-order valence-corrected chi connectivity index (χ3v) is 5.23. The predicted molar refractivity (Wildman–Crippen MR) is 103 cm³/mol. The maximum atomic E-state index is 13.0. The molecule has 4 rings (SSSR count). The molecule has 0 bridgehead atoms. The third kappa shape index (κ3) is 3.52. The molecule has 0 aliphatic carbocycles. The van der Waals surface area contributed by atoms with Crippen molar-refractivity contribution in [2.45, 2.75) is 18.8 Å². The highest BCUT2D eigenvalue weighted by atomic mass is 19.1. The van der Waals surface area contributed by atoms with Crippen LogP contribution in [0.15, 0.2) is 48.7 Å². The number of benzene rings is 2. The van der Waals surface area contributed by atoms with Crippen molar-refractivity contribution in [2.75, 3.05) is 20.1 Å². The number of nitrogens with one attached hydrogen (secondary N) is 1. The summed E-state index contributed by atoms with van der Waals surface area (Å²) >= 11 is 0. The lowest BCUT2D eigenvalue weighted by Gasteiger charge is -2.28. The molecule has 0 radical (unpaired) electrons. The van der Waals surface area contributed by atoms with Gasteiger partial charge in [-0.2, -0.15) is 0 Å². The summed E-state index contributed by atoms with van der Waals surface area (Å²) in [5, 5.41) is 1.33. The number of aromatic amines is 1. The smallest absolute Gasteiger partial charge is 0.123 e. The van der Waals surface area contributed by atoms with Gasteiger partial charge in [0, 0.05) is 17.1 Å². The molecule has 2 heterocycles. The molecule has 3 aromatic rings. The first-order valence-corrected chi connectivity index (χ1v) is 8.92. The molecule has 0 amide bonds. The number of piperidine rings is 1. The Labute approximate surface area is 148 Å². The molecule has 1 aliphatic rings. The summed E-state index contributed by atoms with van der Waals surface area (Å²) in [6.07, 6.45) is 8.76. The van der Waals surface area contributed by atoms with Crippen molar-refractivity contribution in [2.24, 2.45) is 0 Å². The van der Waals surface area contributed by atoms with Crippen molar-refractivity contribution in [1.82, 2.24) is 9.88 Å². The first-order valence-electron chi connectivity index (χ1n) is 8.92. The molecular formula is C22H23FN2. The molecule has 1 aliphatic heterocycles. The van der Waals surface area contributed by atoms with E-state index in [1.165, 1.54) is 60.1 Å². The Morgan fingerprint density at radius 3 is 2.44 bits per heavy atom. The van der Waals surface area contributed by atoms with E-state index in [1.54, 1.807) is 12.1 Å². The van der Waals surface area contributed by atoms with Crippen LogP contribution in [0, 0.1) is 5.82 Å². The Kier molecular flexibility index (Phi) is 4.41. The summed E-state index contributed by atoms with van der Waals surface area (Å²) in [7, 11) is 2.20. The minimum atomic E-state index is -0.200. The van der Waals surface area contributed by atoms with Crippen LogP contribution in [0.1, 0.15) is 35.4 Å². The SMILES string of the molecule is CN1CCC(c2c[nH]c3ccc(/C=C/c4ccc(F)cc4)cc23)CC1. The maximum absolute atomic E-state index is 13.0. The molecule has 2 nitrogen and oxygen atoms in total. The van der Waals surface area contributed by atoms with E-state index in [9.17, 15) is 4.39 Å². The summed E-state index contributed by atoms with van der Waals surface area (Å²) < 4.78 is 13.0. The van der Waals surface area contributed by atoms with Gasteiger partial charge in [0.2, 0.25) is 0 Å². The zero-order valence-corrected chi connectivity index (χ0v) is 14.5. The molecule has 0 unspecified atom stereocenters. The van der Waals surface area contributed by atoms with Gasteiger partial charge < -0.3 is 9.88 Å². The fraction of sp³-hybridized carbons (Fsp3) is 0.273. The molecule has 2 aromatic carbocycles. The highest BCUT2D eigenvalue weighted by Crippen LogP contribution is 2.33. The van der Waals surface area contributed by atoms with Gasteiger partial charge in [0.25, 0.3) is 0 Å². The van der Waals surface area contributed by atoms with Crippen molar-refractivity contribution in [3.8, 4) is 0 Å². The van der Waals surface area contributed by atoms with E-state index in [2.05, 4.69) is 47.4 Å². The molecule has 128 valence electrons. The van der Waals surface area contributed by atoms with Gasteiger partial charge in [0.05, 0.1) is 0 Å².